The minimum absolute atomic E-state index is 0.00661. The van der Waals surface area contributed by atoms with Gasteiger partial charge in [-0.25, -0.2) is 0 Å². The maximum atomic E-state index is 13.9. The van der Waals surface area contributed by atoms with Crippen LogP contribution in [0.1, 0.15) is 81.6 Å². The van der Waals surface area contributed by atoms with Crippen LogP contribution in [-0.4, -0.2) is 127 Å². The molecule has 0 radical (unpaired) electrons. The number of nitrogens with zero attached hydrogens (tertiary/aromatic N) is 1. The topological polar surface area (TPSA) is 142 Å². The minimum Gasteiger partial charge on any atom is -0.454 e. The molecule has 12 nitrogen and oxygen atoms in total. The molecule has 4 rings (SSSR count). The van der Waals surface area contributed by atoms with E-state index < -0.39 is 90.2 Å². The van der Waals surface area contributed by atoms with Crippen LogP contribution in [0.3, 0.4) is 0 Å². The number of cyclic esters (lactones) is 1. The summed E-state index contributed by atoms with van der Waals surface area (Å²) in [4.78, 5) is 28.7. The van der Waals surface area contributed by atoms with Gasteiger partial charge in [-0.1, -0.05) is 20.8 Å². The lowest BCUT2D eigenvalue weighted by Gasteiger charge is -2.48. The number of esters is 1. The number of carbonyl (C=O) groups excluding carboxylic acids is 2. The molecule has 2 N–H and O–H groups in total. The third-order valence-corrected chi connectivity index (χ3v) is 11.1. The monoisotopic (exact) mass is 657 g/mol. The fourth-order valence-electron chi connectivity index (χ4n) is 8.40. The highest BCUT2D eigenvalue weighted by Gasteiger charge is 2.57. The second-order valence-electron chi connectivity index (χ2n) is 15.2. The lowest BCUT2D eigenvalue weighted by molar-refractivity contribution is -0.318. The van der Waals surface area contributed by atoms with Crippen LogP contribution in [0.4, 0.5) is 0 Å². The van der Waals surface area contributed by atoms with Crippen LogP contribution < -0.4 is 0 Å². The maximum absolute atomic E-state index is 13.9. The van der Waals surface area contributed by atoms with Gasteiger partial charge >= 0.3 is 5.97 Å². The van der Waals surface area contributed by atoms with Crippen molar-refractivity contribution in [3.8, 4) is 0 Å². The molecule has 2 bridgehead atoms. The highest BCUT2D eigenvalue weighted by molar-refractivity contribution is 5.84. The van der Waals surface area contributed by atoms with Crippen molar-refractivity contribution in [2.45, 2.75) is 160 Å². The highest BCUT2D eigenvalue weighted by Crippen LogP contribution is 2.47. The molecule has 0 aliphatic carbocycles. The summed E-state index contributed by atoms with van der Waals surface area (Å²) in [7, 11) is 5.38. The van der Waals surface area contributed by atoms with Crippen LogP contribution in [0.5, 0.6) is 0 Å². The molecule has 4 fully saturated rings. The number of ketones is 1. The Morgan fingerprint density at radius 1 is 0.978 bits per heavy atom. The molecular weight excluding hydrogens is 598 g/mol. The third kappa shape index (κ3) is 7.35. The normalized spacial score (nSPS) is 50.6. The van der Waals surface area contributed by atoms with Crippen molar-refractivity contribution in [2.24, 2.45) is 23.7 Å². The molecule has 12 heteroatoms. The summed E-state index contributed by atoms with van der Waals surface area (Å²) in [5.74, 6) is -2.61. The van der Waals surface area contributed by atoms with Crippen LogP contribution in [0.25, 0.3) is 0 Å². The summed E-state index contributed by atoms with van der Waals surface area (Å²) in [6.07, 6.45) is -5.92. The van der Waals surface area contributed by atoms with Gasteiger partial charge < -0.3 is 48.3 Å². The smallest absolute Gasteiger partial charge is 0.312 e. The van der Waals surface area contributed by atoms with Crippen LogP contribution in [0.2, 0.25) is 0 Å². The lowest BCUT2D eigenvalue weighted by Crippen LogP contribution is -2.60. The van der Waals surface area contributed by atoms with Crippen LogP contribution >= 0.6 is 0 Å². The number of Topliss-reactive ketones (excluding diaryl/α,β-unsaturated/α-hetero) is 1. The van der Waals surface area contributed by atoms with Crippen molar-refractivity contribution in [3.05, 3.63) is 0 Å². The fraction of sp³-hybridized carbons (Fsp3) is 0.941. The van der Waals surface area contributed by atoms with E-state index in [2.05, 4.69) is 6.92 Å². The van der Waals surface area contributed by atoms with E-state index in [-0.39, 0.29) is 30.3 Å². The molecule has 4 aliphatic rings. The molecule has 0 aromatic rings. The van der Waals surface area contributed by atoms with E-state index in [0.29, 0.717) is 12.8 Å². The summed E-state index contributed by atoms with van der Waals surface area (Å²) in [5, 5.41) is 22.3. The van der Waals surface area contributed by atoms with Gasteiger partial charge in [0.2, 0.25) is 0 Å². The van der Waals surface area contributed by atoms with Crippen molar-refractivity contribution in [1.82, 2.24) is 4.90 Å². The van der Waals surface area contributed by atoms with E-state index in [1.54, 1.807) is 20.8 Å². The molecule has 266 valence electrons. The molecule has 0 saturated carbocycles. The number of hydrogen-bond donors (Lipinski definition) is 2. The molecule has 46 heavy (non-hydrogen) atoms. The predicted molar refractivity (Wildman–Crippen MR) is 168 cm³/mol. The Morgan fingerprint density at radius 2 is 1.63 bits per heavy atom. The zero-order valence-electron chi connectivity index (χ0n) is 29.8. The van der Waals surface area contributed by atoms with E-state index in [4.69, 9.17) is 33.2 Å². The van der Waals surface area contributed by atoms with Gasteiger partial charge in [0.1, 0.15) is 12.2 Å². The van der Waals surface area contributed by atoms with Gasteiger partial charge in [0.15, 0.2) is 24.5 Å². The van der Waals surface area contributed by atoms with Crippen LogP contribution in [-0.2, 0) is 42.7 Å². The molecule has 0 spiro atoms. The van der Waals surface area contributed by atoms with E-state index in [9.17, 15) is 19.8 Å². The van der Waals surface area contributed by atoms with Crippen LogP contribution in [0, 0.1) is 23.7 Å². The first-order valence-electron chi connectivity index (χ1n) is 16.9. The fourth-order valence-corrected chi connectivity index (χ4v) is 8.40. The quantitative estimate of drug-likeness (QED) is 0.389. The molecule has 4 saturated heterocycles. The average Bonchev–Trinajstić information content (AvgIpc) is 3.29. The van der Waals surface area contributed by atoms with Crippen molar-refractivity contribution in [3.63, 3.8) is 0 Å². The Kier molecular flexibility index (Phi) is 11.7. The third-order valence-electron chi connectivity index (χ3n) is 11.1. The number of rotatable bonds is 7. The summed E-state index contributed by atoms with van der Waals surface area (Å²) in [6.45, 7) is 16.5. The summed E-state index contributed by atoms with van der Waals surface area (Å²) in [6, 6.07) is -0.191. The van der Waals surface area contributed by atoms with Gasteiger partial charge in [-0.15, -0.1) is 0 Å². The zero-order valence-corrected chi connectivity index (χ0v) is 29.8. The molecule has 0 amide bonds. The number of aliphatic hydroxyl groups is 2. The van der Waals surface area contributed by atoms with Crippen molar-refractivity contribution in [1.29, 1.82) is 0 Å². The van der Waals surface area contributed by atoms with Crippen molar-refractivity contribution in [2.75, 3.05) is 21.2 Å². The minimum atomic E-state index is -0.999. The summed E-state index contributed by atoms with van der Waals surface area (Å²) >= 11 is 0. The lowest BCUT2D eigenvalue weighted by atomic mass is 9.77. The van der Waals surface area contributed by atoms with Crippen molar-refractivity contribution >= 4 is 11.8 Å². The maximum Gasteiger partial charge on any atom is 0.312 e. The molecule has 0 aromatic heterocycles. The van der Waals surface area contributed by atoms with Crippen LogP contribution in [0.15, 0.2) is 0 Å². The van der Waals surface area contributed by atoms with E-state index in [1.165, 1.54) is 14.0 Å². The van der Waals surface area contributed by atoms with Crippen molar-refractivity contribution < 1.29 is 53.0 Å². The Balaban J connectivity index is 1.78. The summed E-state index contributed by atoms with van der Waals surface area (Å²) in [5.41, 5.74) is -1.85. The molecular formula is C34H59NO11. The van der Waals surface area contributed by atoms with Gasteiger partial charge in [-0.3, -0.25) is 9.59 Å². The number of ether oxygens (including phenoxy) is 7. The predicted octanol–water partition coefficient (Wildman–Crippen LogP) is 2.69. The van der Waals surface area contributed by atoms with Gasteiger partial charge in [-0.05, 0) is 74.4 Å². The Morgan fingerprint density at radius 3 is 2.22 bits per heavy atom. The molecule has 7 unspecified atom stereocenters. The first-order chi connectivity index (χ1) is 21.3. The number of carbonyl (C=O) groups is 2. The Hall–Kier alpha value is -1.22. The Bertz CT molecular complexity index is 1080. The molecule has 17 atom stereocenters. The largest absolute Gasteiger partial charge is 0.454 e. The van der Waals surface area contributed by atoms with E-state index in [1.807, 2.05) is 46.7 Å². The van der Waals surface area contributed by atoms with Gasteiger partial charge in [0.05, 0.1) is 47.6 Å². The number of fused-ring (bicyclic) bond motifs is 2. The highest BCUT2D eigenvalue weighted by atomic mass is 16.7. The zero-order chi connectivity index (χ0) is 34.5. The number of hydrogen-bond acceptors (Lipinski definition) is 12. The second-order valence-corrected chi connectivity index (χ2v) is 15.2. The molecule has 4 heterocycles. The first kappa shape index (κ1) is 37.6. The SMILES string of the molecule is COC1(C)C[C@H](O[C@H]2[C@H](C)[C@@H](O[C@@H]3OC(C)CC(N(C)C)C3O)[C@]3(C)CC(C)C(O3)[C@H](C)[C@H](C(C)=O)OC(=O)[C@@H]2C)OC(C)[C@@H]1O. The average molecular weight is 658 g/mol. The van der Waals surface area contributed by atoms with Gasteiger partial charge in [0, 0.05) is 31.4 Å². The second kappa shape index (κ2) is 14.3. The summed E-state index contributed by atoms with van der Waals surface area (Å²) < 4.78 is 44.4. The first-order valence-corrected chi connectivity index (χ1v) is 16.9. The van der Waals surface area contributed by atoms with Gasteiger partial charge in [0.25, 0.3) is 0 Å². The van der Waals surface area contributed by atoms with E-state index in [0.717, 1.165) is 0 Å². The van der Waals surface area contributed by atoms with Gasteiger partial charge in [-0.2, -0.15) is 0 Å². The Labute approximate surface area is 274 Å². The number of methoxy groups -OCH3 is 1. The number of likely N-dealkylation sites (N-methyl/N-ethyl adjacent to an activating group) is 1. The standard InChI is InChI=1S/C34H59NO11/c1-16-14-34(9)30(45-32-25(37)23(35(10)11)13-17(2)41-32)19(4)27(43-24-15-33(8,40-12)29(38)22(7)42-24)20(5)31(39)44-28(21(6)36)18(3)26(16)46-34/h16-20,22-30,32,37-38H,13-15H2,1-12H3/t16?,17?,18-,19-,20+,22?,23?,24-,25?,26?,27-,28+,29-,30+,32-,33?,34-/m0/s1. The van der Waals surface area contributed by atoms with E-state index >= 15 is 0 Å². The molecule has 4 aliphatic heterocycles. The molecule has 0 aromatic carbocycles. The number of aliphatic hydroxyl groups excluding tert-OH is 2.